The molecule has 0 saturated carbocycles. The standard InChI is InChI=1S/C15H24N2/c1-12-6-8-17(9-7-12)15(11-16)14-5-3-4-13(2)10-14/h3-5,10,12,15H,6-9,11,16H2,1-2H3/t15-/m0/s1. The van der Waals surface area contributed by atoms with Gasteiger partial charge in [-0.15, -0.1) is 0 Å². The minimum Gasteiger partial charge on any atom is -0.329 e. The van der Waals surface area contributed by atoms with E-state index in [2.05, 4.69) is 43.0 Å². The Morgan fingerprint density at radius 3 is 2.65 bits per heavy atom. The molecule has 1 heterocycles. The second-order valence-electron chi connectivity index (χ2n) is 5.38. The maximum atomic E-state index is 5.98. The molecule has 1 aromatic carbocycles. The van der Waals surface area contributed by atoms with Crippen LogP contribution in [0.25, 0.3) is 0 Å². The zero-order valence-corrected chi connectivity index (χ0v) is 11.0. The van der Waals surface area contributed by atoms with Crippen molar-refractivity contribution in [1.29, 1.82) is 0 Å². The molecule has 2 heteroatoms. The summed E-state index contributed by atoms with van der Waals surface area (Å²) < 4.78 is 0. The molecule has 17 heavy (non-hydrogen) atoms. The summed E-state index contributed by atoms with van der Waals surface area (Å²) in [5.41, 5.74) is 8.68. The van der Waals surface area contributed by atoms with Crippen molar-refractivity contribution in [3.63, 3.8) is 0 Å². The Hall–Kier alpha value is -0.860. The number of rotatable bonds is 3. The van der Waals surface area contributed by atoms with Crippen LogP contribution in [0.2, 0.25) is 0 Å². The molecule has 2 N–H and O–H groups in total. The van der Waals surface area contributed by atoms with Gasteiger partial charge in [0.2, 0.25) is 0 Å². The van der Waals surface area contributed by atoms with Crippen LogP contribution in [0.5, 0.6) is 0 Å². The summed E-state index contributed by atoms with van der Waals surface area (Å²) >= 11 is 0. The van der Waals surface area contributed by atoms with Crippen LogP contribution in [0.4, 0.5) is 0 Å². The van der Waals surface area contributed by atoms with Gasteiger partial charge < -0.3 is 5.73 Å². The van der Waals surface area contributed by atoms with Crippen LogP contribution in [-0.4, -0.2) is 24.5 Å². The van der Waals surface area contributed by atoms with Crippen LogP contribution in [0.15, 0.2) is 24.3 Å². The molecular formula is C15H24N2. The van der Waals surface area contributed by atoms with Crippen molar-refractivity contribution in [2.75, 3.05) is 19.6 Å². The number of piperidine rings is 1. The topological polar surface area (TPSA) is 29.3 Å². The molecule has 1 aromatic rings. The van der Waals surface area contributed by atoms with E-state index in [0.29, 0.717) is 6.04 Å². The summed E-state index contributed by atoms with van der Waals surface area (Å²) in [5.74, 6) is 0.877. The molecule has 1 aliphatic rings. The first-order valence-electron chi connectivity index (χ1n) is 6.71. The molecule has 0 amide bonds. The lowest BCUT2D eigenvalue weighted by Crippen LogP contribution is -2.39. The molecule has 0 aromatic heterocycles. The van der Waals surface area contributed by atoms with Crippen molar-refractivity contribution >= 4 is 0 Å². The van der Waals surface area contributed by atoms with Gasteiger partial charge in [-0.3, -0.25) is 4.90 Å². The highest BCUT2D eigenvalue weighted by atomic mass is 15.2. The van der Waals surface area contributed by atoms with E-state index in [1.165, 1.54) is 37.1 Å². The fourth-order valence-electron chi connectivity index (χ4n) is 2.71. The number of nitrogens with two attached hydrogens (primary N) is 1. The Labute approximate surface area is 105 Å². The maximum absolute atomic E-state index is 5.98. The molecule has 1 atom stereocenters. The van der Waals surface area contributed by atoms with Crippen LogP contribution in [0.3, 0.4) is 0 Å². The predicted octanol–water partition coefficient (Wildman–Crippen LogP) is 2.73. The monoisotopic (exact) mass is 232 g/mol. The molecule has 0 unspecified atom stereocenters. The second kappa shape index (κ2) is 5.65. The lowest BCUT2D eigenvalue weighted by atomic mass is 9.95. The first-order chi connectivity index (χ1) is 8.20. The summed E-state index contributed by atoms with van der Waals surface area (Å²) in [6.45, 7) is 7.60. The molecule has 0 bridgehead atoms. The van der Waals surface area contributed by atoms with Crippen molar-refractivity contribution in [2.45, 2.75) is 32.7 Å². The Morgan fingerprint density at radius 1 is 1.35 bits per heavy atom. The number of benzene rings is 1. The van der Waals surface area contributed by atoms with Gasteiger partial charge in [-0.25, -0.2) is 0 Å². The second-order valence-corrected chi connectivity index (χ2v) is 5.38. The molecule has 0 radical (unpaired) electrons. The smallest absolute Gasteiger partial charge is 0.0470 e. The van der Waals surface area contributed by atoms with E-state index in [1.54, 1.807) is 0 Å². The normalized spacial score (nSPS) is 20.4. The Kier molecular flexibility index (Phi) is 4.19. The van der Waals surface area contributed by atoms with E-state index in [4.69, 9.17) is 5.73 Å². The summed E-state index contributed by atoms with van der Waals surface area (Å²) in [5, 5.41) is 0. The molecule has 94 valence electrons. The first-order valence-corrected chi connectivity index (χ1v) is 6.71. The lowest BCUT2D eigenvalue weighted by molar-refractivity contribution is 0.141. The fraction of sp³-hybridized carbons (Fsp3) is 0.600. The molecule has 2 nitrogen and oxygen atoms in total. The number of aryl methyl sites for hydroxylation is 1. The van der Waals surface area contributed by atoms with Gasteiger partial charge in [0, 0.05) is 12.6 Å². The third kappa shape index (κ3) is 3.08. The van der Waals surface area contributed by atoms with Gasteiger partial charge in [0.05, 0.1) is 0 Å². The summed E-state index contributed by atoms with van der Waals surface area (Å²) in [6, 6.07) is 9.18. The molecule has 0 aliphatic carbocycles. The Morgan fingerprint density at radius 2 is 2.06 bits per heavy atom. The summed E-state index contributed by atoms with van der Waals surface area (Å²) in [4.78, 5) is 2.55. The van der Waals surface area contributed by atoms with Crippen molar-refractivity contribution in [3.05, 3.63) is 35.4 Å². The van der Waals surface area contributed by atoms with Crippen molar-refractivity contribution in [3.8, 4) is 0 Å². The van der Waals surface area contributed by atoms with Gasteiger partial charge in [-0.1, -0.05) is 36.8 Å². The van der Waals surface area contributed by atoms with Crippen LogP contribution in [0, 0.1) is 12.8 Å². The molecule has 1 saturated heterocycles. The van der Waals surface area contributed by atoms with Crippen molar-refractivity contribution in [1.82, 2.24) is 4.90 Å². The van der Waals surface area contributed by atoms with Crippen molar-refractivity contribution < 1.29 is 0 Å². The first kappa shape index (κ1) is 12.6. The zero-order valence-electron chi connectivity index (χ0n) is 11.0. The number of nitrogens with zero attached hydrogens (tertiary/aromatic N) is 1. The number of hydrogen-bond donors (Lipinski definition) is 1. The minimum atomic E-state index is 0.405. The van der Waals surface area contributed by atoms with Gasteiger partial charge in [-0.2, -0.15) is 0 Å². The van der Waals surface area contributed by atoms with Gasteiger partial charge in [0.1, 0.15) is 0 Å². The molecule has 1 aliphatic heterocycles. The third-order valence-electron chi connectivity index (χ3n) is 3.91. The third-order valence-corrected chi connectivity index (χ3v) is 3.91. The lowest BCUT2D eigenvalue weighted by Gasteiger charge is -2.36. The van der Waals surface area contributed by atoms with Gasteiger partial charge in [-0.05, 0) is 44.3 Å². The highest BCUT2D eigenvalue weighted by molar-refractivity contribution is 5.25. The van der Waals surface area contributed by atoms with Crippen molar-refractivity contribution in [2.24, 2.45) is 11.7 Å². The summed E-state index contributed by atoms with van der Waals surface area (Å²) in [7, 11) is 0. The summed E-state index contributed by atoms with van der Waals surface area (Å²) in [6.07, 6.45) is 2.62. The number of likely N-dealkylation sites (tertiary alicyclic amines) is 1. The molecule has 0 spiro atoms. The number of hydrogen-bond acceptors (Lipinski definition) is 2. The highest BCUT2D eigenvalue weighted by Gasteiger charge is 2.23. The largest absolute Gasteiger partial charge is 0.329 e. The average molecular weight is 232 g/mol. The van der Waals surface area contributed by atoms with E-state index in [-0.39, 0.29) is 0 Å². The Bertz CT molecular complexity index is 354. The molecular weight excluding hydrogens is 208 g/mol. The zero-order chi connectivity index (χ0) is 12.3. The Balaban J connectivity index is 2.10. The molecule has 2 rings (SSSR count). The average Bonchev–Trinajstić information content (AvgIpc) is 2.33. The van der Waals surface area contributed by atoms with Crippen LogP contribution in [-0.2, 0) is 0 Å². The molecule has 1 fully saturated rings. The minimum absolute atomic E-state index is 0.405. The van der Waals surface area contributed by atoms with E-state index < -0.39 is 0 Å². The van der Waals surface area contributed by atoms with E-state index >= 15 is 0 Å². The van der Waals surface area contributed by atoms with Crippen LogP contribution >= 0.6 is 0 Å². The highest BCUT2D eigenvalue weighted by Crippen LogP contribution is 2.26. The quantitative estimate of drug-likeness (QED) is 0.868. The van der Waals surface area contributed by atoms with E-state index in [9.17, 15) is 0 Å². The van der Waals surface area contributed by atoms with Crippen LogP contribution in [0.1, 0.15) is 36.9 Å². The predicted molar refractivity (Wildman–Crippen MR) is 72.9 cm³/mol. The SMILES string of the molecule is Cc1cccc([C@H](CN)N2CCC(C)CC2)c1. The van der Waals surface area contributed by atoms with Gasteiger partial charge >= 0.3 is 0 Å². The van der Waals surface area contributed by atoms with E-state index in [1.807, 2.05) is 0 Å². The van der Waals surface area contributed by atoms with Gasteiger partial charge in [0.15, 0.2) is 0 Å². The van der Waals surface area contributed by atoms with E-state index in [0.717, 1.165) is 12.5 Å². The van der Waals surface area contributed by atoms with Gasteiger partial charge in [0.25, 0.3) is 0 Å². The fourth-order valence-corrected chi connectivity index (χ4v) is 2.71. The van der Waals surface area contributed by atoms with Crippen LogP contribution < -0.4 is 5.73 Å². The maximum Gasteiger partial charge on any atom is 0.0470 e.